The van der Waals surface area contributed by atoms with Crippen LogP contribution in [0.1, 0.15) is 41.2 Å². The minimum atomic E-state index is -0.534. The van der Waals surface area contributed by atoms with Gasteiger partial charge in [0.05, 0.1) is 11.9 Å². The molecular weight excluding hydrogens is 498 g/mol. The molecule has 0 bridgehead atoms. The van der Waals surface area contributed by atoms with Crippen molar-refractivity contribution in [1.82, 2.24) is 35.6 Å². The molecule has 2 heterocycles. The minimum absolute atomic E-state index is 0.0353. The molecule has 0 aliphatic carbocycles. The number of carbonyl (C=O) groups excluding carboxylic acids is 1. The maximum absolute atomic E-state index is 13.0. The van der Waals surface area contributed by atoms with Crippen molar-refractivity contribution in [1.29, 1.82) is 0 Å². The van der Waals surface area contributed by atoms with Crippen molar-refractivity contribution < 1.29 is 14.2 Å². The summed E-state index contributed by atoms with van der Waals surface area (Å²) in [5, 5.41) is 20.2. The zero-order valence-corrected chi connectivity index (χ0v) is 21.1. The van der Waals surface area contributed by atoms with E-state index in [1.165, 1.54) is 10.9 Å². The van der Waals surface area contributed by atoms with E-state index >= 15 is 0 Å². The number of hydrogen-bond acceptors (Lipinski definition) is 10. The fourth-order valence-corrected chi connectivity index (χ4v) is 3.70. The van der Waals surface area contributed by atoms with Crippen LogP contribution >= 0.6 is 11.6 Å². The number of anilines is 1. The molecule has 13 heteroatoms. The number of nitrogens with zero attached hydrogens (tertiary/aromatic N) is 7. The van der Waals surface area contributed by atoms with Crippen molar-refractivity contribution in [2.45, 2.75) is 27.0 Å². The molecule has 0 fully saturated rings. The van der Waals surface area contributed by atoms with Crippen LogP contribution in [0.5, 0.6) is 5.75 Å². The Morgan fingerprint density at radius 1 is 1.22 bits per heavy atom. The van der Waals surface area contributed by atoms with Crippen molar-refractivity contribution in [3.05, 3.63) is 76.1 Å². The van der Waals surface area contributed by atoms with Gasteiger partial charge in [-0.2, -0.15) is 9.78 Å². The van der Waals surface area contributed by atoms with Crippen LogP contribution < -0.4 is 15.9 Å². The summed E-state index contributed by atoms with van der Waals surface area (Å²) in [7, 11) is 0. The summed E-state index contributed by atoms with van der Waals surface area (Å²) in [6.45, 7) is 6.28. The first-order chi connectivity index (χ1) is 18.0. The number of ether oxygens (including phenoxy) is 1. The highest BCUT2D eigenvalue weighted by Gasteiger charge is 2.25. The predicted octanol–water partition coefficient (Wildman–Crippen LogP) is 3.07. The number of hydrogen-bond donors (Lipinski definition) is 2. The largest absolute Gasteiger partial charge is 0.489 e. The SMILES string of the molecule is CCN(CC)Cc1c(C(=O)N/N=C/c2cccc(OCc3cccc(Cl)c3)c2)nnn1-c1nonc1N. The summed E-state index contributed by atoms with van der Waals surface area (Å²) >= 11 is 6.03. The Balaban J connectivity index is 1.46. The molecule has 0 saturated heterocycles. The number of hydrazone groups is 1. The number of nitrogens with two attached hydrogens (primary N) is 1. The average molecular weight is 524 g/mol. The van der Waals surface area contributed by atoms with Gasteiger partial charge >= 0.3 is 0 Å². The monoisotopic (exact) mass is 523 g/mol. The number of carbonyl (C=O) groups is 1. The Morgan fingerprint density at radius 3 is 2.76 bits per heavy atom. The van der Waals surface area contributed by atoms with Crippen molar-refractivity contribution in [3.8, 4) is 11.6 Å². The van der Waals surface area contributed by atoms with E-state index < -0.39 is 5.91 Å². The number of amides is 1. The smallest absolute Gasteiger partial charge is 0.293 e. The van der Waals surface area contributed by atoms with Gasteiger partial charge in [0, 0.05) is 11.6 Å². The summed E-state index contributed by atoms with van der Waals surface area (Å²) in [6, 6.07) is 14.8. The molecule has 3 N–H and O–H groups in total. The highest BCUT2D eigenvalue weighted by molar-refractivity contribution is 6.30. The Hall–Kier alpha value is -4.29. The Bertz CT molecular complexity index is 1380. The fraction of sp³-hybridized carbons (Fsp3) is 0.250. The van der Waals surface area contributed by atoms with Crippen LogP contribution in [-0.2, 0) is 13.2 Å². The lowest BCUT2D eigenvalue weighted by atomic mass is 10.2. The van der Waals surface area contributed by atoms with E-state index in [0.717, 1.165) is 24.2 Å². The van der Waals surface area contributed by atoms with E-state index in [1.54, 1.807) is 0 Å². The van der Waals surface area contributed by atoms with Gasteiger partial charge in [0.25, 0.3) is 5.91 Å². The number of aromatic nitrogens is 5. The Kier molecular flexibility index (Phi) is 8.44. The van der Waals surface area contributed by atoms with E-state index in [4.69, 9.17) is 22.1 Å². The predicted molar refractivity (Wildman–Crippen MR) is 138 cm³/mol. The summed E-state index contributed by atoms with van der Waals surface area (Å²) < 4.78 is 11.9. The topological polar surface area (TPSA) is 150 Å². The van der Waals surface area contributed by atoms with Gasteiger partial charge in [0.15, 0.2) is 5.69 Å². The molecule has 0 saturated carbocycles. The van der Waals surface area contributed by atoms with Gasteiger partial charge in [-0.05, 0) is 58.8 Å². The molecular formula is C24H26ClN9O3. The molecule has 0 unspecified atom stereocenters. The van der Waals surface area contributed by atoms with E-state index in [2.05, 4.69) is 40.7 Å². The van der Waals surface area contributed by atoms with Crippen molar-refractivity contribution >= 4 is 29.5 Å². The quantitative estimate of drug-likeness (QED) is 0.223. The van der Waals surface area contributed by atoms with E-state index in [1.807, 2.05) is 62.4 Å². The summed E-state index contributed by atoms with van der Waals surface area (Å²) in [5.74, 6) is 0.312. The van der Waals surface area contributed by atoms with Gasteiger partial charge in [0.2, 0.25) is 11.6 Å². The van der Waals surface area contributed by atoms with Crippen LogP contribution in [-0.4, -0.2) is 55.4 Å². The van der Waals surface area contributed by atoms with E-state index in [-0.39, 0.29) is 17.3 Å². The molecule has 37 heavy (non-hydrogen) atoms. The third-order valence-corrected chi connectivity index (χ3v) is 5.71. The second kappa shape index (κ2) is 12.1. The number of benzene rings is 2. The minimum Gasteiger partial charge on any atom is -0.489 e. The number of nitrogen functional groups attached to an aromatic ring is 1. The molecule has 12 nitrogen and oxygen atoms in total. The molecule has 4 aromatic rings. The first-order valence-electron chi connectivity index (χ1n) is 11.5. The van der Waals surface area contributed by atoms with Crippen LogP contribution in [0.25, 0.3) is 5.82 Å². The Labute approximate surface area is 218 Å². The molecule has 0 aliphatic rings. The standard InChI is InChI=1S/C24H26ClN9O3/c1-3-33(4-2)14-20-21(28-32-34(20)23-22(26)30-37-31-23)24(35)29-27-13-16-7-6-10-19(12-16)36-15-17-8-5-9-18(25)11-17/h5-13H,3-4,14-15H2,1-2H3,(H2,26,30)(H,29,35)/b27-13+. The lowest BCUT2D eigenvalue weighted by molar-refractivity contribution is 0.0948. The summed E-state index contributed by atoms with van der Waals surface area (Å²) in [4.78, 5) is 15.0. The van der Waals surface area contributed by atoms with E-state index in [9.17, 15) is 4.79 Å². The number of rotatable bonds is 11. The van der Waals surface area contributed by atoms with Gasteiger partial charge < -0.3 is 10.5 Å². The van der Waals surface area contributed by atoms with E-state index in [0.29, 0.717) is 29.6 Å². The number of halogens is 1. The molecule has 0 radical (unpaired) electrons. The molecule has 0 aliphatic heterocycles. The van der Waals surface area contributed by atoms with Gasteiger partial charge in [-0.25, -0.2) is 10.1 Å². The molecule has 1 amide bonds. The normalized spacial score (nSPS) is 11.4. The maximum atomic E-state index is 13.0. The van der Waals surface area contributed by atoms with Crippen LogP contribution in [0.2, 0.25) is 5.02 Å². The van der Waals surface area contributed by atoms with Gasteiger partial charge in [-0.1, -0.05) is 54.9 Å². The van der Waals surface area contributed by atoms with Crippen LogP contribution in [0.3, 0.4) is 0 Å². The highest BCUT2D eigenvalue weighted by Crippen LogP contribution is 2.18. The molecule has 0 spiro atoms. The molecule has 0 atom stereocenters. The fourth-order valence-electron chi connectivity index (χ4n) is 3.48. The zero-order chi connectivity index (χ0) is 26.2. The van der Waals surface area contributed by atoms with Crippen molar-refractivity contribution in [2.24, 2.45) is 5.10 Å². The maximum Gasteiger partial charge on any atom is 0.293 e. The van der Waals surface area contributed by atoms with Gasteiger partial charge in [-0.15, -0.1) is 5.10 Å². The third-order valence-electron chi connectivity index (χ3n) is 5.47. The van der Waals surface area contributed by atoms with Gasteiger partial charge in [-0.3, -0.25) is 9.69 Å². The lowest BCUT2D eigenvalue weighted by Gasteiger charge is -2.18. The molecule has 4 rings (SSSR count). The zero-order valence-electron chi connectivity index (χ0n) is 20.3. The first kappa shape index (κ1) is 25.8. The highest BCUT2D eigenvalue weighted by atomic mass is 35.5. The average Bonchev–Trinajstić information content (AvgIpc) is 3.51. The van der Waals surface area contributed by atoms with Crippen LogP contribution in [0.4, 0.5) is 5.82 Å². The Morgan fingerprint density at radius 2 is 2.03 bits per heavy atom. The second-order valence-corrected chi connectivity index (χ2v) is 8.36. The van der Waals surface area contributed by atoms with Crippen molar-refractivity contribution in [3.63, 3.8) is 0 Å². The summed E-state index contributed by atoms with van der Waals surface area (Å²) in [6.07, 6.45) is 1.51. The van der Waals surface area contributed by atoms with Crippen LogP contribution in [0.15, 0.2) is 58.3 Å². The van der Waals surface area contributed by atoms with Crippen LogP contribution in [0, 0.1) is 0 Å². The lowest BCUT2D eigenvalue weighted by Crippen LogP contribution is -2.27. The van der Waals surface area contributed by atoms with Gasteiger partial charge in [0.1, 0.15) is 12.4 Å². The third kappa shape index (κ3) is 6.48. The molecule has 2 aromatic heterocycles. The number of nitrogens with one attached hydrogen (secondary N) is 1. The molecule has 192 valence electrons. The molecule has 2 aromatic carbocycles. The second-order valence-electron chi connectivity index (χ2n) is 7.92. The van der Waals surface area contributed by atoms with Crippen molar-refractivity contribution in [2.75, 3.05) is 18.8 Å². The first-order valence-corrected chi connectivity index (χ1v) is 11.9. The summed E-state index contributed by atoms with van der Waals surface area (Å²) in [5.41, 5.74) is 10.6.